The lowest BCUT2D eigenvalue weighted by Gasteiger charge is -2.15. The van der Waals surface area contributed by atoms with E-state index in [0.29, 0.717) is 17.9 Å². The smallest absolute Gasteiger partial charge is 0.271 e. The third-order valence-corrected chi connectivity index (χ3v) is 4.43. The first-order valence-electron chi connectivity index (χ1n) is 9.09. The molecule has 0 unspecified atom stereocenters. The lowest BCUT2D eigenvalue weighted by atomic mass is 9.97. The van der Waals surface area contributed by atoms with Crippen LogP contribution in [0, 0.1) is 18.3 Å². The molecule has 0 fully saturated rings. The summed E-state index contributed by atoms with van der Waals surface area (Å²) >= 11 is 0. The van der Waals surface area contributed by atoms with E-state index >= 15 is 0 Å². The van der Waals surface area contributed by atoms with Gasteiger partial charge in [-0.1, -0.05) is 13.3 Å². The Labute approximate surface area is 163 Å². The zero-order valence-corrected chi connectivity index (χ0v) is 16.3. The Kier molecular flexibility index (Phi) is 7.36. The first-order valence-corrected chi connectivity index (χ1v) is 9.09. The molecule has 1 aromatic carbocycles. The van der Waals surface area contributed by atoms with Crippen molar-refractivity contribution < 1.29 is 19.4 Å². The number of hydrogen-bond donors (Lipinski definition) is 1. The summed E-state index contributed by atoms with van der Waals surface area (Å²) in [5.74, 6) is -0.293. The number of carbonyl (C=O) groups is 1. The summed E-state index contributed by atoms with van der Waals surface area (Å²) in [6.07, 6.45) is 1.96. The van der Waals surface area contributed by atoms with Gasteiger partial charge >= 0.3 is 0 Å². The molecule has 7 nitrogen and oxygen atoms in total. The summed E-state index contributed by atoms with van der Waals surface area (Å²) < 4.78 is 11.5. The van der Waals surface area contributed by atoms with Crippen LogP contribution >= 0.6 is 0 Å². The average Bonchev–Trinajstić information content (AvgIpc) is 2.69. The number of methoxy groups -OCH3 is 1. The molecular weight excluding hydrogens is 360 g/mol. The maximum atomic E-state index is 13.0. The monoisotopic (exact) mass is 384 g/mol. The summed E-state index contributed by atoms with van der Waals surface area (Å²) in [7, 11) is 1.46. The molecule has 0 aliphatic rings. The minimum Gasteiger partial charge on any atom is -0.494 e. The zero-order valence-electron chi connectivity index (χ0n) is 16.3. The van der Waals surface area contributed by atoms with Gasteiger partial charge in [-0.3, -0.25) is 14.2 Å². The third kappa shape index (κ3) is 4.41. The fourth-order valence-electron chi connectivity index (χ4n) is 2.79. The Morgan fingerprint density at radius 2 is 1.93 bits per heavy atom. The van der Waals surface area contributed by atoms with Gasteiger partial charge in [0.15, 0.2) is 5.78 Å². The van der Waals surface area contributed by atoms with Crippen LogP contribution in [-0.2, 0) is 11.3 Å². The molecule has 148 valence electrons. The number of ketones is 1. The van der Waals surface area contributed by atoms with Crippen LogP contribution in [-0.4, -0.2) is 35.8 Å². The van der Waals surface area contributed by atoms with E-state index in [2.05, 4.69) is 6.92 Å². The predicted octanol–water partition coefficient (Wildman–Crippen LogP) is 2.79. The van der Waals surface area contributed by atoms with Crippen molar-refractivity contribution >= 4 is 5.78 Å². The predicted molar refractivity (Wildman–Crippen MR) is 104 cm³/mol. The summed E-state index contributed by atoms with van der Waals surface area (Å²) in [5, 5.41) is 19.9. The Morgan fingerprint density at radius 3 is 2.50 bits per heavy atom. The van der Waals surface area contributed by atoms with E-state index in [1.807, 2.05) is 6.07 Å². The van der Waals surface area contributed by atoms with E-state index in [0.717, 1.165) is 17.4 Å². The van der Waals surface area contributed by atoms with Gasteiger partial charge in [-0.25, -0.2) is 0 Å². The zero-order chi connectivity index (χ0) is 20.7. The molecule has 1 aromatic heterocycles. The number of pyridine rings is 1. The molecule has 28 heavy (non-hydrogen) atoms. The number of benzene rings is 1. The molecule has 0 spiro atoms. The van der Waals surface area contributed by atoms with Crippen molar-refractivity contribution in [3.8, 4) is 17.7 Å². The molecule has 7 heteroatoms. The second kappa shape index (κ2) is 9.72. The van der Waals surface area contributed by atoms with Gasteiger partial charge in [0.25, 0.3) is 5.56 Å². The summed E-state index contributed by atoms with van der Waals surface area (Å²) in [6, 6.07) is 8.39. The quantitative estimate of drug-likeness (QED) is 0.527. The highest BCUT2D eigenvalue weighted by Crippen LogP contribution is 2.25. The van der Waals surface area contributed by atoms with Crippen molar-refractivity contribution in [3.63, 3.8) is 0 Å². The van der Waals surface area contributed by atoms with Crippen molar-refractivity contribution in [2.24, 2.45) is 0 Å². The number of rotatable bonds is 9. The van der Waals surface area contributed by atoms with Crippen molar-refractivity contribution in [2.75, 3.05) is 20.3 Å². The van der Waals surface area contributed by atoms with Crippen molar-refractivity contribution in [1.29, 1.82) is 5.26 Å². The number of aromatic hydroxyl groups is 1. The topological polar surface area (TPSA) is 102 Å². The second-order valence-corrected chi connectivity index (χ2v) is 6.32. The Morgan fingerprint density at radius 1 is 1.25 bits per heavy atom. The van der Waals surface area contributed by atoms with Gasteiger partial charge in [0.1, 0.15) is 17.4 Å². The fraction of sp³-hybridized carbons (Fsp3) is 0.381. The fourth-order valence-corrected chi connectivity index (χ4v) is 2.79. The van der Waals surface area contributed by atoms with E-state index in [1.54, 1.807) is 24.3 Å². The van der Waals surface area contributed by atoms with E-state index < -0.39 is 17.2 Å². The Hall–Kier alpha value is -3.11. The number of hydrogen-bond acceptors (Lipinski definition) is 6. The van der Waals surface area contributed by atoms with Crippen LogP contribution in [0.15, 0.2) is 29.1 Å². The number of carbonyl (C=O) groups excluding carboxylic acids is 1. The van der Waals surface area contributed by atoms with Gasteiger partial charge < -0.3 is 14.6 Å². The minimum absolute atomic E-state index is 0.0284. The molecule has 2 rings (SSSR count). The number of nitriles is 1. The summed E-state index contributed by atoms with van der Waals surface area (Å²) in [5.41, 5.74) is -0.400. The van der Waals surface area contributed by atoms with Crippen LogP contribution in [0.25, 0.3) is 0 Å². The molecule has 0 bridgehead atoms. The molecular formula is C21H24N2O5. The van der Waals surface area contributed by atoms with Gasteiger partial charge in [0.05, 0.1) is 25.3 Å². The van der Waals surface area contributed by atoms with Crippen molar-refractivity contribution in [1.82, 2.24) is 4.57 Å². The van der Waals surface area contributed by atoms with E-state index in [-0.39, 0.29) is 29.8 Å². The lowest BCUT2D eigenvalue weighted by Crippen LogP contribution is -2.28. The Balaban J connectivity index is 2.44. The largest absolute Gasteiger partial charge is 0.494 e. The number of unbranched alkanes of at least 4 members (excludes halogenated alkanes) is 1. The molecule has 0 saturated carbocycles. The Bertz CT molecular complexity index is 939. The van der Waals surface area contributed by atoms with Crippen LogP contribution in [0.2, 0.25) is 0 Å². The van der Waals surface area contributed by atoms with Gasteiger partial charge in [-0.2, -0.15) is 5.26 Å². The SMILES string of the molecule is CCCCOc1ccc(C(=O)c2c(C)c(C#N)c(=O)n(CCOC)c2O)cc1. The molecule has 0 saturated heterocycles. The van der Waals surface area contributed by atoms with Crippen LogP contribution in [0.4, 0.5) is 0 Å². The summed E-state index contributed by atoms with van der Waals surface area (Å²) in [6.45, 7) is 4.33. The van der Waals surface area contributed by atoms with E-state index in [1.165, 1.54) is 14.0 Å². The first kappa shape index (κ1) is 21.2. The highest BCUT2D eigenvalue weighted by molar-refractivity contribution is 6.11. The van der Waals surface area contributed by atoms with Gasteiger partial charge in [-0.15, -0.1) is 0 Å². The molecule has 0 radical (unpaired) electrons. The number of ether oxygens (including phenoxy) is 2. The van der Waals surface area contributed by atoms with Gasteiger partial charge in [-0.05, 0) is 43.2 Å². The van der Waals surface area contributed by atoms with Crippen molar-refractivity contribution in [3.05, 3.63) is 56.9 Å². The number of nitrogens with zero attached hydrogens (tertiary/aromatic N) is 2. The number of aromatic nitrogens is 1. The molecule has 0 aliphatic heterocycles. The molecule has 2 aromatic rings. The molecule has 1 N–H and O–H groups in total. The average molecular weight is 384 g/mol. The molecule has 0 aliphatic carbocycles. The van der Waals surface area contributed by atoms with Crippen molar-refractivity contribution in [2.45, 2.75) is 33.2 Å². The van der Waals surface area contributed by atoms with E-state index in [9.17, 15) is 20.0 Å². The molecule has 0 atom stereocenters. The highest BCUT2D eigenvalue weighted by atomic mass is 16.5. The standard InChI is InChI=1S/C21H24N2O5/c1-4-5-11-28-16-8-6-15(7-9-16)19(24)18-14(2)17(13-22)20(25)23(21(18)26)10-12-27-3/h6-9,26H,4-5,10-12H2,1-3H3. The first-order chi connectivity index (χ1) is 13.5. The van der Waals surface area contributed by atoms with E-state index in [4.69, 9.17) is 9.47 Å². The lowest BCUT2D eigenvalue weighted by molar-refractivity contribution is 0.103. The summed E-state index contributed by atoms with van der Waals surface area (Å²) in [4.78, 5) is 25.4. The highest BCUT2D eigenvalue weighted by Gasteiger charge is 2.24. The van der Waals surface area contributed by atoms with Gasteiger partial charge in [0.2, 0.25) is 5.88 Å². The van der Waals surface area contributed by atoms with Crippen LogP contribution in [0.1, 0.15) is 46.8 Å². The van der Waals surface area contributed by atoms with Crippen LogP contribution in [0.3, 0.4) is 0 Å². The second-order valence-electron chi connectivity index (χ2n) is 6.32. The molecule has 0 amide bonds. The maximum absolute atomic E-state index is 13.0. The third-order valence-electron chi connectivity index (χ3n) is 4.43. The van der Waals surface area contributed by atoms with Gasteiger partial charge in [0, 0.05) is 12.7 Å². The minimum atomic E-state index is -0.647. The normalized spacial score (nSPS) is 10.5. The van der Waals surface area contributed by atoms with Crippen LogP contribution in [0.5, 0.6) is 11.6 Å². The molecule has 1 heterocycles. The maximum Gasteiger partial charge on any atom is 0.271 e. The van der Waals surface area contributed by atoms with Crippen LogP contribution < -0.4 is 10.3 Å².